The summed E-state index contributed by atoms with van der Waals surface area (Å²) in [4.78, 5) is 12.2. The second-order valence-electron chi connectivity index (χ2n) is 4.95. The second kappa shape index (κ2) is 6.68. The lowest BCUT2D eigenvalue weighted by atomic mass is 10.1. The standard InChI is InChI=1S/C15H21NO3/c1-11(14-7-4-8-19-14)16-15(17)13-6-3-5-12(9-13)10-18-2/h3,5-6,9,11,14H,4,7-8,10H2,1-2H3,(H,16,17)/t11-,14-/m0/s1. The molecule has 0 unspecified atom stereocenters. The van der Waals surface area contributed by atoms with E-state index >= 15 is 0 Å². The van der Waals surface area contributed by atoms with Crippen LogP contribution in [0.4, 0.5) is 0 Å². The number of hydrogen-bond donors (Lipinski definition) is 1. The molecule has 1 aliphatic rings. The number of benzene rings is 1. The Kier molecular flexibility index (Phi) is 4.93. The molecule has 0 aliphatic carbocycles. The highest BCUT2D eigenvalue weighted by Crippen LogP contribution is 2.16. The molecule has 1 fully saturated rings. The molecule has 2 rings (SSSR count). The van der Waals surface area contributed by atoms with Crippen molar-refractivity contribution in [1.82, 2.24) is 5.32 Å². The van der Waals surface area contributed by atoms with Gasteiger partial charge in [0.05, 0.1) is 18.8 Å². The number of rotatable bonds is 5. The number of carbonyl (C=O) groups excluding carboxylic acids is 1. The lowest BCUT2D eigenvalue weighted by Gasteiger charge is -2.20. The van der Waals surface area contributed by atoms with Crippen LogP contribution in [0, 0.1) is 0 Å². The summed E-state index contributed by atoms with van der Waals surface area (Å²) < 4.78 is 10.7. The summed E-state index contributed by atoms with van der Waals surface area (Å²) in [6, 6.07) is 7.54. The molecule has 0 aromatic heterocycles. The Morgan fingerprint density at radius 2 is 2.42 bits per heavy atom. The fourth-order valence-electron chi connectivity index (χ4n) is 2.35. The van der Waals surface area contributed by atoms with E-state index in [2.05, 4.69) is 5.32 Å². The average molecular weight is 263 g/mol. The van der Waals surface area contributed by atoms with Crippen LogP contribution in [0.25, 0.3) is 0 Å². The monoisotopic (exact) mass is 263 g/mol. The first-order chi connectivity index (χ1) is 9.20. The summed E-state index contributed by atoms with van der Waals surface area (Å²) >= 11 is 0. The molecule has 1 aliphatic heterocycles. The van der Waals surface area contributed by atoms with Gasteiger partial charge in [0.2, 0.25) is 0 Å². The zero-order valence-corrected chi connectivity index (χ0v) is 11.5. The van der Waals surface area contributed by atoms with Gasteiger partial charge in [-0.2, -0.15) is 0 Å². The zero-order valence-electron chi connectivity index (χ0n) is 11.5. The van der Waals surface area contributed by atoms with Crippen LogP contribution in [-0.4, -0.2) is 31.8 Å². The van der Waals surface area contributed by atoms with Gasteiger partial charge in [-0.15, -0.1) is 0 Å². The maximum absolute atomic E-state index is 12.2. The molecule has 1 aromatic rings. The lowest BCUT2D eigenvalue weighted by Crippen LogP contribution is -2.40. The lowest BCUT2D eigenvalue weighted by molar-refractivity contribution is 0.0712. The molecule has 0 spiro atoms. The van der Waals surface area contributed by atoms with Crippen LogP contribution in [0.5, 0.6) is 0 Å². The molecule has 1 amide bonds. The van der Waals surface area contributed by atoms with Gasteiger partial charge in [0.1, 0.15) is 0 Å². The van der Waals surface area contributed by atoms with E-state index in [4.69, 9.17) is 9.47 Å². The largest absolute Gasteiger partial charge is 0.380 e. The van der Waals surface area contributed by atoms with Crippen LogP contribution in [0.15, 0.2) is 24.3 Å². The molecule has 104 valence electrons. The predicted molar refractivity (Wildman–Crippen MR) is 73.1 cm³/mol. The van der Waals surface area contributed by atoms with Gasteiger partial charge in [0.25, 0.3) is 5.91 Å². The minimum absolute atomic E-state index is 0.0427. The molecule has 4 heteroatoms. The minimum Gasteiger partial charge on any atom is -0.380 e. The van der Waals surface area contributed by atoms with Crippen LogP contribution in [0.1, 0.15) is 35.7 Å². The van der Waals surface area contributed by atoms with E-state index in [0.29, 0.717) is 12.2 Å². The fourth-order valence-corrected chi connectivity index (χ4v) is 2.35. The Hall–Kier alpha value is -1.39. The van der Waals surface area contributed by atoms with Crippen molar-refractivity contribution in [1.29, 1.82) is 0 Å². The van der Waals surface area contributed by atoms with E-state index in [1.54, 1.807) is 7.11 Å². The van der Waals surface area contributed by atoms with Crippen LogP contribution >= 0.6 is 0 Å². The van der Waals surface area contributed by atoms with Crippen molar-refractivity contribution < 1.29 is 14.3 Å². The van der Waals surface area contributed by atoms with Crippen molar-refractivity contribution in [2.75, 3.05) is 13.7 Å². The van der Waals surface area contributed by atoms with Crippen molar-refractivity contribution in [3.8, 4) is 0 Å². The number of hydrogen-bond acceptors (Lipinski definition) is 3. The number of methoxy groups -OCH3 is 1. The first kappa shape index (κ1) is 14.0. The third kappa shape index (κ3) is 3.78. The summed E-state index contributed by atoms with van der Waals surface area (Å²) in [5.74, 6) is -0.0547. The maximum Gasteiger partial charge on any atom is 0.251 e. The molecule has 1 saturated heterocycles. The van der Waals surface area contributed by atoms with Gasteiger partial charge < -0.3 is 14.8 Å². The Bertz CT molecular complexity index is 427. The molecule has 19 heavy (non-hydrogen) atoms. The number of carbonyl (C=O) groups is 1. The van der Waals surface area contributed by atoms with E-state index in [-0.39, 0.29) is 18.1 Å². The zero-order chi connectivity index (χ0) is 13.7. The smallest absolute Gasteiger partial charge is 0.251 e. The van der Waals surface area contributed by atoms with E-state index in [1.807, 2.05) is 31.2 Å². The first-order valence-electron chi connectivity index (χ1n) is 6.71. The van der Waals surface area contributed by atoms with E-state index in [0.717, 1.165) is 25.0 Å². The Morgan fingerprint density at radius 3 is 3.11 bits per heavy atom. The molecule has 1 heterocycles. The Morgan fingerprint density at radius 1 is 1.58 bits per heavy atom. The van der Waals surface area contributed by atoms with Gasteiger partial charge in [-0.25, -0.2) is 0 Å². The molecular formula is C15H21NO3. The normalized spacial score (nSPS) is 20.2. The summed E-state index contributed by atoms with van der Waals surface area (Å²) in [6.45, 7) is 3.31. The third-order valence-corrected chi connectivity index (χ3v) is 3.38. The Balaban J connectivity index is 1.96. The van der Waals surface area contributed by atoms with E-state index in [1.165, 1.54) is 0 Å². The SMILES string of the molecule is COCc1cccc(C(=O)N[C@@H](C)[C@@H]2CCCO2)c1. The van der Waals surface area contributed by atoms with Crippen molar-refractivity contribution in [3.05, 3.63) is 35.4 Å². The summed E-state index contributed by atoms with van der Waals surface area (Å²) in [5.41, 5.74) is 1.67. The van der Waals surface area contributed by atoms with Gasteiger partial charge in [0.15, 0.2) is 0 Å². The minimum atomic E-state index is -0.0547. The maximum atomic E-state index is 12.2. The number of amides is 1. The van der Waals surface area contributed by atoms with E-state index < -0.39 is 0 Å². The topological polar surface area (TPSA) is 47.6 Å². The molecule has 1 aromatic carbocycles. The number of ether oxygens (including phenoxy) is 2. The molecule has 0 bridgehead atoms. The van der Waals surface area contributed by atoms with Crippen molar-refractivity contribution >= 4 is 5.91 Å². The van der Waals surface area contributed by atoms with Crippen LogP contribution in [-0.2, 0) is 16.1 Å². The van der Waals surface area contributed by atoms with Crippen molar-refractivity contribution in [3.63, 3.8) is 0 Å². The first-order valence-corrected chi connectivity index (χ1v) is 6.71. The number of nitrogens with one attached hydrogen (secondary N) is 1. The molecule has 0 radical (unpaired) electrons. The third-order valence-electron chi connectivity index (χ3n) is 3.38. The van der Waals surface area contributed by atoms with Crippen molar-refractivity contribution in [2.24, 2.45) is 0 Å². The highest BCUT2D eigenvalue weighted by atomic mass is 16.5. The molecule has 1 N–H and O–H groups in total. The summed E-state index contributed by atoms with van der Waals surface area (Å²) in [5, 5.41) is 3.00. The van der Waals surface area contributed by atoms with Crippen molar-refractivity contribution in [2.45, 2.75) is 38.5 Å². The van der Waals surface area contributed by atoms with Gasteiger partial charge >= 0.3 is 0 Å². The fraction of sp³-hybridized carbons (Fsp3) is 0.533. The average Bonchev–Trinajstić information content (AvgIpc) is 2.93. The summed E-state index contributed by atoms with van der Waals surface area (Å²) in [7, 11) is 1.65. The second-order valence-corrected chi connectivity index (χ2v) is 4.95. The molecule has 4 nitrogen and oxygen atoms in total. The molecular weight excluding hydrogens is 242 g/mol. The van der Waals surface area contributed by atoms with Gasteiger partial charge in [-0.05, 0) is 37.5 Å². The molecule has 2 atom stereocenters. The highest BCUT2D eigenvalue weighted by Gasteiger charge is 2.23. The summed E-state index contributed by atoms with van der Waals surface area (Å²) in [6.07, 6.45) is 2.24. The van der Waals surface area contributed by atoms with Gasteiger partial charge in [0, 0.05) is 19.3 Å². The van der Waals surface area contributed by atoms with Crippen LogP contribution < -0.4 is 5.32 Å². The van der Waals surface area contributed by atoms with Gasteiger partial charge in [-0.1, -0.05) is 12.1 Å². The highest BCUT2D eigenvalue weighted by molar-refractivity contribution is 5.94. The predicted octanol–water partition coefficient (Wildman–Crippen LogP) is 2.13. The Labute approximate surface area is 114 Å². The quantitative estimate of drug-likeness (QED) is 0.885. The molecule has 0 saturated carbocycles. The van der Waals surface area contributed by atoms with Crippen LogP contribution in [0.3, 0.4) is 0 Å². The van der Waals surface area contributed by atoms with Gasteiger partial charge in [-0.3, -0.25) is 4.79 Å². The van der Waals surface area contributed by atoms with E-state index in [9.17, 15) is 4.79 Å². The van der Waals surface area contributed by atoms with Crippen LogP contribution in [0.2, 0.25) is 0 Å².